The van der Waals surface area contributed by atoms with Crippen LogP contribution >= 0.6 is 0 Å². The zero-order valence-electron chi connectivity index (χ0n) is 30.8. The summed E-state index contributed by atoms with van der Waals surface area (Å²) in [5, 5.41) is 39.6. The molecule has 0 saturated carbocycles. The fourth-order valence-corrected chi connectivity index (χ4v) is 5.11. The summed E-state index contributed by atoms with van der Waals surface area (Å²) in [5.41, 5.74) is 5.95. The van der Waals surface area contributed by atoms with Crippen LogP contribution in [-0.4, -0.2) is 98.9 Å². The van der Waals surface area contributed by atoms with Crippen molar-refractivity contribution in [3.8, 4) is 0 Å². The highest BCUT2D eigenvalue weighted by atomic mass is 16.4. The number of carbonyl (C=O) groups is 9. The maximum Gasteiger partial charge on any atom is 0.305 e. The molecule has 1 rings (SSSR count). The van der Waals surface area contributed by atoms with E-state index in [1.54, 1.807) is 52.0 Å². The van der Waals surface area contributed by atoms with Gasteiger partial charge in [0.15, 0.2) is 0 Å². The Morgan fingerprint density at radius 3 is 1.70 bits per heavy atom. The molecule has 0 unspecified atom stereocenters. The summed E-state index contributed by atoms with van der Waals surface area (Å²) in [6.07, 6.45) is -3.20. The average molecular weight is 749 g/mol. The Morgan fingerprint density at radius 1 is 0.660 bits per heavy atom. The number of aliphatic carboxylic acids is 3. The number of carboxylic acids is 3. The van der Waals surface area contributed by atoms with Crippen molar-refractivity contribution >= 4 is 53.4 Å². The minimum atomic E-state index is -1.77. The second kappa shape index (κ2) is 21.1. The molecule has 1 aromatic carbocycles. The number of hydrogen-bond donors (Lipinski definition) is 9. The van der Waals surface area contributed by atoms with Gasteiger partial charge in [0.1, 0.15) is 30.2 Å². The first-order valence-corrected chi connectivity index (χ1v) is 17.0. The Hall–Kier alpha value is -5.55. The van der Waals surface area contributed by atoms with E-state index in [0.717, 1.165) is 5.56 Å². The molecular formula is C35H52N6O12. The number of carboxylic acid groups (broad SMARTS) is 3. The molecule has 10 N–H and O–H groups in total. The maximum absolute atomic E-state index is 14.0. The predicted molar refractivity (Wildman–Crippen MR) is 189 cm³/mol. The molecule has 0 aliphatic rings. The number of benzene rings is 1. The normalized spacial score (nSPS) is 14.0. The van der Waals surface area contributed by atoms with Crippen molar-refractivity contribution in [2.45, 2.75) is 117 Å². The number of hydrogen-bond acceptors (Lipinski definition) is 9. The van der Waals surface area contributed by atoms with E-state index in [4.69, 9.17) is 10.8 Å². The first kappa shape index (κ1) is 45.5. The van der Waals surface area contributed by atoms with Gasteiger partial charge in [0.2, 0.25) is 35.4 Å². The number of rotatable bonds is 22. The van der Waals surface area contributed by atoms with Gasteiger partial charge in [-0.05, 0) is 42.2 Å². The molecule has 0 bridgehead atoms. The molecule has 0 saturated heterocycles. The van der Waals surface area contributed by atoms with Crippen LogP contribution in [0.5, 0.6) is 0 Å². The molecule has 0 fully saturated rings. The Kier molecular flexibility index (Phi) is 18.1. The molecule has 18 nitrogen and oxygen atoms in total. The highest BCUT2D eigenvalue weighted by molar-refractivity contribution is 5.97. The lowest BCUT2D eigenvalue weighted by atomic mass is 9.85. The first-order valence-electron chi connectivity index (χ1n) is 17.0. The Morgan fingerprint density at radius 2 is 1.19 bits per heavy atom. The highest BCUT2D eigenvalue weighted by Crippen LogP contribution is 2.21. The van der Waals surface area contributed by atoms with Crippen molar-refractivity contribution < 1.29 is 58.5 Å². The van der Waals surface area contributed by atoms with Gasteiger partial charge in [-0.2, -0.15) is 0 Å². The van der Waals surface area contributed by atoms with Crippen LogP contribution in [0.1, 0.15) is 84.3 Å². The van der Waals surface area contributed by atoms with Crippen molar-refractivity contribution in [3.05, 3.63) is 35.4 Å². The van der Waals surface area contributed by atoms with Crippen molar-refractivity contribution in [2.75, 3.05) is 0 Å². The molecule has 18 heteroatoms. The van der Waals surface area contributed by atoms with E-state index in [9.17, 15) is 53.4 Å². The van der Waals surface area contributed by atoms with Gasteiger partial charge in [-0.25, -0.2) is 0 Å². The van der Waals surface area contributed by atoms with E-state index >= 15 is 0 Å². The molecule has 0 heterocycles. The fraction of sp³-hybridized carbons (Fsp3) is 0.571. The molecule has 0 spiro atoms. The summed E-state index contributed by atoms with van der Waals surface area (Å²) in [5.74, 6) is -9.69. The zero-order chi connectivity index (χ0) is 40.6. The lowest BCUT2D eigenvalue weighted by molar-refractivity contribution is -0.142. The number of aryl methyl sites for hydroxylation is 1. The molecule has 6 amide bonds. The fourth-order valence-electron chi connectivity index (χ4n) is 5.11. The first-order chi connectivity index (χ1) is 24.5. The maximum atomic E-state index is 14.0. The summed E-state index contributed by atoms with van der Waals surface area (Å²) in [7, 11) is 0. The van der Waals surface area contributed by atoms with Crippen LogP contribution in [0.3, 0.4) is 0 Å². The standard InChI is InChI=1S/C35H52N6O12/c1-18(2)15-22(30(36)49)39-34(53)29(35(4,5)6)41-33(52)23(16-20-10-8-7-9-19(20)3)40-31(50)21(11-13-26(43)44)38-32(51)24(17-28(47)48)37-25(42)12-14-27(45)46/h7-10,18,21-24,29H,11-17H2,1-6H3,(H2,36,49)(H,37,42)(H,38,51)(H,39,53)(H,40,50)(H,41,52)(H,43,44)(H,45,46)(H,47,48)/t21-,22-,23-,24-,29+/m0/s1. The second-order valence-electron chi connectivity index (χ2n) is 14.2. The molecular weight excluding hydrogens is 696 g/mol. The van der Waals surface area contributed by atoms with E-state index in [1.165, 1.54) is 0 Å². The smallest absolute Gasteiger partial charge is 0.305 e. The molecule has 0 aromatic heterocycles. The largest absolute Gasteiger partial charge is 0.481 e. The summed E-state index contributed by atoms with van der Waals surface area (Å²) in [6, 6.07) is -0.208. The summed E-state index contributed by atoms with van der Waals surface area (Å²) >= 11 is 0. The SMILES string of the molecule is Cc1ccccc1C[C@H](NC(=O)[C@H](CCC(=O)O)NC(=O)[C@H](CC(=O)O)NC(=O)CCC(=O)O)C(=O)N[C@H](C(=O)N[C@@H](CC(C)C)C(N)=O)C(C)(C)C. The summed E-state index contributed by atoms with van der Waals surface area (Å²) < 4.78 is 0. The van der Waals surface area contributed by atoms with Crippen LogP contribution in [0.25, 0.3) is 0 Å². The quantitative estimate of drug-likeness (QED) is 0.0741. The van der Waals surface area contributed by atoms with Gasteiger partial charge in [0, 0.05) is 19.3 Å². The molecule has 294 valence electrons. The molecule has 5 atom stereocenters. The lowest BCUT2D eigenvalue weighted by Gasteiger charge is -2.33. The van der Waals surface area contributed by atoms with Gasteiger partial charge in [0.05, 0.1) is 12.8 Å². The minimum absolute atomic E-state index is 0.00800. The van der Waals surface area contributed by atoms with Crippen molar-refractivity contribution in [1.29, 1.82) is 0 Å². The highest BCUT2D eigenvalue weighted by Gasteiger charge is 2.38. The molecule has 53 heavy (non-hydrogen) atoms. The number of carbonyl (C=O) groups excluding carboxylic acids is 6. The Bertz CT molecular complexity index is 1520. The van der Waals surface area contributed by atoms with Crippen LogP contribution in [0.15, 0.2) is 24.3 Å². The van der Waals surface area contributed by atoms with Crippen molar-refractivity contribution in [3.63, 3.8) is 0 Å². The zero-order valence-corrected chi connectivity index (χ0v) is 30.8. The van der Waals surface area contributed by atoms with Crippen molar-refractivity contribution in [2.24, 2.45) is 17.1 Å². The van der Waals surface area contributed by atoms with Crippen LogP contribution in [0, 0.1) is 18.3 Å². The van der Waals surface area contributed by atoms with Crippen LogP contribution in [-0.2, 0) is 49.6 Å². The third-order valence-electron chi connectivity index (χ3n) is 7.98. The monoisotopic (exact) mass is 748 g/mol. The van der Waals surface area contributed by atoms with E-state index in [2.05, 4.69) is 26.6 Å². The molecule has 0 radical (unpaired) electrons. The molecule has 1 aromatic rings. The summed E-state index contributed by atoms with van der Waals surface area (Å²) in [4.78, 5) is 113. The van der Waals surface area contributed by atoms with E-state index in [-0.39, 0.29) is 18.8 Å². The van der Waals surface area contributed by atoms with E-state index < -0.39 is 121 Å². The van der Waals surface area contributed by atoms with Gasteiger partial charge < -0.3 is 47.6 Å². The van der Waals surface area contributed by atoms with E-state index in [0.29, 0.717) is 5.56 Å². The van der Waals surface area contributed by atoms with Gasteiger partial charge in [-0.1, -0.05) is 58.9 Å². The average Bonchev–Trinajstić information content (AvgIpc) is 3.03. The number of nitrogens with two attached hydrogens (primary N) is 1. The lowest BCUT2D eigenvalue weighted by Crippen LogP contribution is -2.62. The minimum Gasteiger partial charge on any atom is -0.481 e. The van der Waals surface area contributed by atoms with Crippen molar-refractivity contribution in [1.82, 2.24) is 26.6 Å². The third kappa shape index (κ3) is 17.0. The van der Waals surface area contributed by atoms with Crippen LogP contribution in [0.2, 0.25) is 0 Å². The number of amides is 6. The topological polar surface area (TPSA) is 300 Å². The van der Waals surface area contributed by atoms with Gasteiger partial charge >= 0.3 is 17.9 Å². The molecule has 0 aliphatic carbocycles. The number of primary amides is 1. The Labute approximate surface area is 307 Å². The van der Waals surface area contributed by atoms with E-state index in [1.807, 2.05) is 13.8 Å². The summed E-state index contributed by atoms with van der Waals surface area (Å²) in [6.45, 7) is 10.4. The second-order valence-corrected chi connectivity index (χ2v) is 14.2. The predicted octanol–water partition coefficient (Wildman–Crippen LogP) is -0.257. The third-order valence-corrected chi connectivity index (χ3v) is 7.98. The van der Waals surface area contributed by atoms with Crippen LogP contribution in [0.4, 0.5) is 0 Å². The Balaban J connectivity index is 3.49. The number of nitrogens with one attached hydrogen (secondary N) is 5. The van der Waals surface area contributed by atoms with Crippen LogP contribution < -0.4 is 32.3 Å². The molecule has 0 aliphatic heterocycles. The van der Waals surface area contributed by atoms with Gasteiger partial charge in [-0.3, -0.25) is 43.2 Å². The van der Waals surface area contributed by atoms with Gasteiger partial charge in [-0.15, -0.1) is 0 Å². The van der Waals surface area contributed by atoms with Gasteiger partial charge in [0.25, 0.3) is 0 Å².